The van der Waals surface area contributed by atoms with Gasteiger partial charge in [-0.15, -0.1) is 0 Å². The Kier molecular flexibility index (Phi) is 7.56. The summed E-state index contributed by atoms with van der Waals surface area (Å²) < 4.78 is 43.9. The summed E-state index contributed by atoms with van der Waals surface area (Å²) in [5, 5.41) is 2.63. The van der Waals surface area contributed by atoms with E-state index in [0.29, 0.717) is 23.5 Å². The maximum Gasteiger partial charge on any atom is 0.416 e. The SMILES string of the molecule is COC(=O)N[C@H](C(=O)N1CCC[C@H]1c1ncc(-c2ccc(-c3cccc(C(F)(F)F)c3)cc2)[nH]1)C(C)C. The summed E-state index contributed by atoms with van der Waals surface area (Å²) in [4.78, 5) is 34.6. The van der Waals surface area contributed by atoms with Gasteiger partial charge in [-0.25, -0.2) is 9.78 Å². The Morgan fingerprint density at radius 1 is 1.11 bits per heavy atom. The minimum atomic E-state index is -4.40. The zero-order valence-electron chi connectivity index (χ0n) is 20.8. The highest BCUT2D eigenvalue weighted by atomic mass is 19.4. The third kappa shape index (κ3) is 5.79. The summed E-state index contributed by atoms with van der Waals surface area (Å²) in [5.74, 6) is 0.324. The number of amides is 2. The molecule has 3 aromatic rings. The van der Waals surface area contributed by atoms with Gasteiger partial charge in [-0.3, -0.25) is 4.79 Å². The molecule has 1 saturated heterocycles. The highest BCUT2D eigenvalue weighted by Gasteiger charge is 2.37. The molecule has 0 unspecified atom stereocenters. The van der Waals surface area contributed by atoms with Crippen molar-refractivity contribution < 1.29 is 27.5 Å². The van der Waals surface area contributed by atoms with Gasteiger partial charge in [0.25, 0.3) is 0 Å². The van der Waals surface area contributed by atoms with Crippen LogP contribution in [-0.2, 0) is 15.7 Å². The Bertz CT molecular complexity index is 1250. The average Bonchev–Trinajstić information content (AvgIpc) is 3.56. The predicted octanol–water partition coefficient (Wildman–Crippen LogP) is 5.81. The first-order chi connectivity index (χ1) is 17.6. The number of H-pyrrole nitrogens is 1. The summed E-state index contributed by atoms with van der Waals surface area (Å²) >= 11 is 0. The highest BCUT2D eigenvalue weighted by Crippen LogP contribution is 2.34. The number of carbonyl (C=O) groups excluding carboxylic acids is 2. The normalized spacial score (nSPS) is 16.6. The maximum absolute atomic E-state index is 13.3. The summed E-state index contributed by atoms with van der Waals surface area (Å²) in [6, 6.07) is 11.4. The van der Waals surface area contributed by atoms with E-state index < -0.39 is 23.9 Å². The lowest BCUT2D eigenvalue weighted by atomic mass is 10.0. The minimum absolute atomic E-state index is 0.129. The van der Waals surface area contributed by atoms with Crippen molar-refractivity contribution in [3.05, 3.63) is 66.1 Å². The van der Waals surface area contributed by atoms with Gasteiger partial charge in [0.2, 0.25) is 5.91 Å². The van der Waals surface area contributed by atoms with Crippen molar-refractivity contribution in [1.82, 2.24) is 20.2 Å². The molecular formula is C27H29F3N4O3. The molecule has 2 atom stereocenters. The van der Waals surface area contributed by atoms with E-state index in [2.05, 4.69) is 20.0 Å². The predicted molar refractivity (Wildman–Crippen MR) is 132 cm³/mol. The number of alkyl carbamates (subject to hydrolysis) is 1. The molecule has 2 heterocycles. The van der Waals surface area contributed by atoms with E-state index in [1.54, 1.807) is 29.3 Å². The van der Waals surface area contributed by atoms with Crippen molar-refractivity contribution in [3.63, 3.8) is 0 Å². The molecule has 0 radical (unpaired) electrons. The molecule has 2 N–H and O–H groups in total. The van der Waals surface area contributed by atoms with Crippen LogP contribution in [0, 0.1) is 5.92 Å². The first-order valence-electron chi connectivity index (χ1n) is 12.1. The van der Waals surface area contributed by atoms with Crippen LogP contribution in [0.2, 0.25) is 0 Å². The summed E-state index contributed by atoms with van der Waals surface area (Å²) in [5.41, 5.74) is 2.01. The Labute approximate surface area is 213 Å². The van der Waals surface area contributed by atoms with E-state index >= 15 is 0 Å². The molecule has 1 aromatic heterocycles. The molecule has 0 saturated carbocycles. The Balaban J connectivity index is 1.52. The van der Waals surface area contributed by atoms with Gasteiger partial charge in [-0.2, -0.15) is 13.2 Å². The zero-order valence-corrected chi connectivity index (χ0v) is 20.8. The highest BCUT2D eigenvalue weighted by molar-refractivity contribution is 5.86. The second-order valence-corrected chi connectivity index (χ2v) is 9.39. The lowest BCUT2D eigenvalue weighted by Gasteiger charge is -2.30. The van der Waals surface area contributed by atoms with E-state index in [1.165, 1.54) is 13.2 Å². The van der Waals surface area contributed by atoms with E-state index in [4.69, 9.17) is 0 Å². The van der Waals surface area contributed by atoms with Crippen molar-refractivity contribution in [2.24, 2.45) is 5.92 Å². The van der Waals surface area contributed by atoms with Crippen molar-refractivity contribution in [2.75, 3.05) is 13.7 Å². The van der Waals surface area contributed by atoms with E-state index in [-0.39, 0.29) is 17.9 Å². The van der Waals surface area contributed by atoms with Gasteiger partial charge in [-0.05, 0) is 47.6 Å². The molecule has 196 valence electrons. The summed E-state index contributed by atoms with van der Waals surface area (Å²) in [6.45, 7) is 4.27. The van der Waals surface area contributed by atoms with Crippen LogP contribution in [0.1, 0.15) is 44.1 Å². The fourth-order valence-electron chi connectivity index (χ4n) is 4.56. The quantitative estimate of drug-likeness (QED) is 0.435. The monoisotopic (exact) mass is 514 g/mol. The Hall–Kier alpha value is -3.82. The number of nitrogens with zero attached hydrogens (tertiary/aromatic N) is 2. The number of ether oxygens (including phenoxy) is 1. The first-order valence-corrected chi connectivity index (χ1v) is 12.1. The van der Waals surface area contributed by atoms with E-state index in [1.807, 2.05) is 26.0 Å². The fraction of sp³-hybridized carbons (Fsp3) is 0.370. The van der Waals surface area contributed by atoms with Crippen LogP contribution < -0.4 is 5.32 Å². The number of carbonyl (C=O) groups is 2. The molecule has 1 fully saturated rings. The molecule has 1 aliphatic heterocycles. The molecule has 2 aromatic carbocycles. The third-order valence-electron chi connectivity index (χ3n) is 6.56. The van der Waals surface area contributed by atoms with Crippen LogP contribution in [-0.4, -0.2) is 46.6 Å². The molecule has 0 spiro atoms. The molecule has 2 amide bonds. The van der Waals surface area contributed by atoms with Gasteiger partial charge in [-0.1, -0.05) is 50.2 Å². The van der Waals surface area contributed by atoms with Gasteiger partial charge < -0.3 is 19.9 Å². The molecular weight excluding hydrogens is 485 g/mol. The number of halogens is 3. The fourth-order valence-corrected chi connectivity index (χ4v) is 4.56. The van der Waals surface area contributed by atoms with E-state index in [0.717, 1.165) is 36.2 Å². The Morgan fingerprint density at radius 2 is 1.81 bits per heavy atom. The van der Waals surface area contributed by atoms with Crippen molar-refractivity contribution >= 4 is 12.0 Å². The topological polar surface area (TPSA) is 87.3 Å². The molecule has 10 heteroatoms. The van der Waals surface area contributed by atoms with Crippen LogP contribution in [0.3, 0.4) is 0 Å². The summed E-state index contributed by atoms with van der Waals surface area (Å²) in [6.07, 6.45) is -1.83. The number of alkyl halides is 3. The van der Waals surface area contributed by atoms with Crippen molar-refractivity contribution in [1.29, 1.82) is 0 Å². The van der Waals surface area contributed by atoms with Gasteiger partial charge in [0.15, 0.2) is 0 Å². The number of hydrogen-bond acceptors (Lipinski definition) is 4. The van der Waals surface area contributed by atoms with Gasteiger partial charge in [0.1, 0.15) is 11.9 Å². The number of aromatic amines is 1. The second-order valence-electron chi connectivity index (χ2n) is 9.39. The average molecular weight is 515 g/mol. The van der Waals surface area contributed by atoms with E-state index in [9.17, 15) is 22.8 Å². The largest absolute Gasteiger partial charge is 0.453 e. The van der Waals surface area contributed by atoms with Crippen molar-refractivity contribution in [3.8, 4) is 22.4 Å². The van der Waals surface area contributed by atoms with Gasteiger partial charge in [0.05, 0.1) is 30.6 Å². The lowest BCUT2D eigenvalue weighted by Crippen LogP contribution is -2.51. The molecule has 37 heavy (non-hydrogen) atoms. The lowest BCUT2D eigenvalue weighted by molar-refractivity contribution is -0.137. The van der Waals surface area contributed by atoms with Crippen LogP contribution >= 0.6 is 0 Å². The van der Waals surface area contributed by atoms with Gasteiger partial charge >= 0.3 is 12.3 Å². The first kappa shape index (κ1) is 26.2. The number of benzene rings is 2. The minimum Gasteiger partial charge on any atom is -0.453 e. The molecule has 7 nitrogen and oxygen atoms in total. The number of rotatable bonds is 6. The van der Waals surface area contributed by atoms with Crippen LogP contribution in [0.25, 0.3) is 22.4 Å². The second kappa shape index (κ2) is 10.7. The molecule has 4 rings (SSSR count). The van der Waals surface area contributed by atoms with Crippen LogP contribution in [0.15, 0.2) is 54.7 Å². The third-order valence-corrected chi connectivity index (χ3v) is 6.56. The molecule has 0 aliphatic carbocycles. The molecule has 1 aliphatic rings. The standard InChI is InChI=1S/C27H29F3N4O3/c1-16(2)23(33-26(36)37-3)25(35)34-13-5-8-22(34)24-31-15-21(32-24)18-11-9-17(10-12-18)19-6-4-7-20(14-19)27(28,29)30/h4,6-7,9-12,14-16,22-23H,5,8,13H2,1-3H3,(H,31,32)(H,33,36)/t22-,23-/m0/s1. The van der Waals surface area contributed by atoms with Gasteiger partial charge in [0, 0.05) is 6.54 Å². The smallest absolute Gasteiger partial charge is 0.416 e. The number of aromatic nitrogens is 2. The number of hydrogen-bond donors (Lipinski definition) is 2. The maximum atomic E-state index is 13.3. The van der Waals surface area contributed by atoms with Crippen molar-refractivity contribution in [2.45, 2.75) is 44.9 Å². The van der Waals surface area contributed by atoms with Crippen LogP contribution in [0.4, 0.5) is 18.0 Å². The number of imidazole rings is 1. The summed E-state index contributed by atoms with van der Waals surface area (Å²) in [7, 11) is 1.26. The number of methoxy groups -OCH3 is 1. The Morgan fingerprint density at radius 3 is 2.46 bits per heavy atom. The number of nitrogens with one attached hydrogen (secondary N) is 2. The van der Waals surface area contributed by atoms with Crippen LogP contribution in [0.5, 0.6) is 0 Å². The number of likely N-dealkylation sites (tertiary alicyclic amines) is 1. The molecule has 0 bridgehead atoms. The zero-order chi connectivity index (χ0) is 26.7.